The molecule has 6 heteroatoms. The van der Waals surface area contributed by atoms with Crippen LogP contribution in [0.2, 0.25) is 0 Å². The second-order valence-electron chi connectivity index (χ2n) is 7.39. The van der Waals surface area contributed by atoms with E-state index in [-0.39, 0.29) is 11.8 Å². The highest BCUT2D eigenvalue weighted by Gasteiger charge is 2.53. The van der Waals surface area contributed by atoms with Crippen LogP contribution >= 0.6 is 0 Å². The first kappa shape index (κ1) is 16.7. The number of carboxylic acids is 1. The van der Waals surface area contributed by atoms with Gasteiger partial charge in [-0.05, 0) is 25.2 Å². The van der Waals surface area contributed by atoms with Gasteiger partial charge in [0.15, 0.2) is 0 Å². The molecule has 3 aliphatic rings. The van der Waals surface area contributed by atoms with Crippen molar-refractivity contribution < 1.29 is 19.4 Å². The summed E-state index contributed by atoms with van der Waals surface area (Å²) in [4.78, 5) is 26.0. The van der Waals surface area contributed by atoms with E-state index in [4.69, 9.17) is 4.74 Å². The molecule has 0 aromatic heterocycles. The molecule has 2 heterocycles. The number of nitrogens with one attached hydrogen (secondary N) is 1. The van der Waals surface area contributed by atoms with Crippen molar-refractivity contribution in [3.8, 4) is 0 Å². The molecule has 0 radical (unpaired) electrons. The first-order chi connectivity index (χ1) is 11.1. The van der Waals surface area contributed by atoms with Crippen molar-refractivity contribution in [2.45, 2.75) is 51.0 Å². The lowest BCUT2D eigenvalue weighted by atomic mass is 9.76. The van der Waals surface area contributed by atoms with Crippen LogP contribution in [0.1, 0.15) is 44.9 Å². The van der Waals surface area contributed by atoms with Gasteiger partial charge in [-0.15, -0.1) is 0 Å². The van der Waals surface area contributed by atoms with Gasteiger partial charge in [-0.2, -0.15) is 0 Å². The van der Waals surface area contributed by atoms with Gasteiger partial charge in [0.1, 0.15) is 5.41 Å². The Morgan fingerprint density at radius 1 is 1.22 bits per heavy atom. The van der Waals surface area contributed by atoms with Crippen molar-refractivity contribution >= 4 is 11.9 Å². The molecule has 1 saturated carbocycles. The molecular formula is C17H28N2O4. The lowest BCUT2D eigenvalue weighted by Gasteiger charge is -2.34. The highest BCUT2D eigenvalue weighted by atomic mass is 16.5. The predicted molar refractivity (Wildman–Crippen MR) is 85.1 cm³/mol. The monoisotopic (exact) mass is 324 g/mol. The molecule has 1 amide bonds. The first-order valence-electron chi connectivity index (χ1n) is 8.93. The number of amides is 1. The fourth-order valence-corrected chi connectivity index (χ4v) is 4.37. The normalized spacial score (nSPS) is 32.4. The summed E-state index contributed by atoms with van der Waals surface area (Å²) >= 11 is 0. The number of hydrogen-bond acceptors (Lipinski definition) is 4. The zero-order valence-electron chi connectivity index (χ0n) is 13.8. The minimum absolute atomic E-state index is 0.104. The molecule has 3 fully saturated rings. The van der Waals surface area contributed by atoms with E-state index in [9.17, 15) is 14.7 Å². The third kappa shape index (κ3) is 3.69. The Balaban J connectivity index is 1.47. The van der Waals surface area contributed by atoms with Crippen molar-refractivity contribution in [1.29, 1.82) is 0 Å². The van der Waals surface area contributed by atoms with Gasteiger partial charge in [-0.3, -0.25) is 9.59 Å². The van der Waals surface area contributed by atoms with Crippen molar-refractivity contribution in [2.24, 2.45) is 11.3 Å². The van der Waals surface area contributed by atoms with Crippen molar-refractivity contribution in [3.63, 3.8) is 0 Å². The smallest absolute Gasteiger partial charge is 0.313 e. The number of rotatable bonds is 5. The average molecular weight is 324 g/mol. The largest absolute Gasteiger partial charge is 0.481 e. The summed E-state index contributed by atoms with van der Waals surface area (Å²) in [6.45, 7) is 2.87. The maximum Gasteiger partial charge on any atom is 0.313 e. The van der Waals surface area contributed by atoms with E-state index >= 15 is 0 Å². The summed E-state index contributed by atoms with van der Waals surface area (Å²) in [5.41, 5.74) is -0.766. The molecule has 0 unspecified atom stereocenters. The molecule has 0 aromatic carbocycles. The number of ether oxygens (including phenoxy) is 1. The van der Waals surface area contributed by atoms with Gasteiger partial charge in [0.2, 0.25) is 5.91 Å². The van der Waals surface area contributed by atoms with Crippen LogP contribution in [0.3, 0.4) is 0 Å². The van der Waals surface area contributed by atoms with Crippen LogP contribution in [0.5, 0.6) is 0 Å². The summed E-state index contributed by atoms with van der Waals surface area (Å²) in [5, 5.41) is 12.8. The number of carbonyl (C=O) groups excluding carboxylic acids is 1. The second kappa shape index (κ2) is 7.18. The summed E-state index contributed by atoms with van der Waals surface area (Å²) in [5.74, 6) is -0.501. The maximum atomic E-state index is 12.1. The van der Waals surface area contributed by atoms with Crippen LogP contribution in [0.15, 0.2) is 0 Å². The number of likely N-dealkylation sites (tertiary alicyclic amines) is 1. The quantitative estimate of drug-likeness (QED) is 0.796. The fourth-order valence-electron chi connectivity index (χ4n) is 4.37. The van der Waals surface area contributed by atoms with E-state index in [1.807, 2.05) is 0 Å². The topological polar surface area (TPSA) is 78.9 Å². The highest BCUT2D eigenvalue weighted by molar-refractivity contribution is 5.77. The van der Waals surface area contributed by atoms with Gasteiger partial charge < -0.3 is 20.1 Å². The Bertz CT molecular complexity index is 450. The number of carbonyl (C=O) groups is 2. The summed E-state index contributed by atoms with van der Waals surface area (Å²) in [6, 6.07) is 0.344. The molecule has 1 aliphatic carbocycles. The molecule has 2 atom stereocenters. The zero-order chi connectivity index (χ0) is 16.3. The van der Waals surface area contributed by atoms with Crippen LogP contribution in [0.25, 0.3) is 0 Å². The Morgan fingerprint density at radius 2 is 2.00 bits per heavy atom. The SMILES string of the molecule is O=C(CCN1C[C@@H]2CCOC[C@]2(C(=O)O)C1)NC1CCCCC1. The van der Waals surface area contributed by atoms with E-state index in [0.29, 0.717) is 38.8 Å². The van der Waals surface area contributed by atoms with Crippen LogP contribution in [0, 0.1) is 11.3 Å². The molecule has 6 nitrogen and oxygen atoms in total. The molecule has 2 aliphatic heterocycles. The van der Waals surface area contributed by atoms with Gasteiger partial charge in [-0.25, -0.2) is 0 Å². The minimum atomic E-state index is -0.766. The summed E-state index contributed by atoms with van der Waals surface area (Å²) in [7, 11) is 0. The Kier molecular flexibility index (Phi) is 5.21. The van der Waals surface area contributed by atoms with Crippen molar-refractivity contribution in [2.75, 3.05) is 32.8 Å². The second-order valence-corrected chi connectivity index (χ2v) is 7.39. The minimum Gasteiger partial charge on any atom is -0.481 e. The standard InChI is InChI=1S/C17H28N2O4/c20-15(18-14-4-2-1-3-5-14)6-8-19-10-13-7-9-23-12-17(13,11-19)16(21)22/h13-14H,1-12H2,(H,18,20)(H,21,22)/t13-,17+/m0/s1. The maximum absolute atomic E-state index is 12.1. The third-order valence-corrected chi connectivity index (χ3v) is 5.79. The average Bonchev–Trinajstić information content (AvgIpc) is 2.94. The molecule has 0 aromatic rings. The molecule has 23 heavy (non-hydrogen) atoms. The van der Waals surface area contributed by atoms with Gasteiger partial charge in [0.05, 0.1) is 6.61 Å². The molecule has 0 bridgehead atoms. The number of hydrogen-bond donors (Lipinski definition) is 2. The Labute approximate surface area is 137 Å². The molecule has 3 rings (SSSR count). The van der Waals surface area contributed by atoms with E-state index in [1.54, 1.807) is 0 Å². The Hall–Kier alpha value is -1.14. The van der Waals surface area contributed by atoms with Crippen molar-refractivity contribution in [3.05, 3.63) is 0 Å². The van der Waals surface area contributed by atoms with Gasteiger partial charge in [-0.1, -0.05) is 19.3 Å². The number of nitrogens with zero attached hydrogens (tertiary/aromatic N) is 1. The van der Waals surface area contributed by atoms with E-state index < -0.39 is 11.4 Å². The lowest BCUT2D eigenvalue weighted by Crippen LogP contribution is -2.46. The summed E-state index contributed by atoms with van der Waals surface area (Å²) in [6.07, 6.45) is 7.14. The number of aliphatic carboxylic acids is 1. The highest BCUT2D eigenvalue weighted by Crippen LogP contribution is 2.41. The summed E-state index contributed by atoms with van der Waals surface area (Å²) < 4.78 is 5.44. The van der Waals surface area contributed by atoms with Crippen molar-refractivity contribution in [1.82, 2.24) is 10.2 Å². The van der Waals surface area contributed by atoms with E-state index in [0.717, 1.165) is 25.8 Å². The van der Waals surface area contributed by atoms with Crippen LogP contribution in [-0.4, -0.2) is 60.8 Å². The molecule has 2 saturated heterocycles. The van der Waals surface area contributed by atoms with E-state index in [1.165, 1.54) is 19.3 Å². The van der Waals surface area contributed by atoms with Gasteiger partial charge >= 0.3 is 5.97 Å². The third-order valence-electron chi connectivity index (χ3n) is 5.79. The first-order valence-corrected chi connectivity index (χ1v) is 8.93. The molecule has 0 spiro atoms. The van der Waals surface area contributed by atoms with Gasteiger partial charge in [0.25, 0.3) is 0 Å². The Morgan fingerprint density at radius 3 is 2.70 bits per heavy atom. The fraction of sp³-hybridized carbons (Fsp3) is 0.882. The lowest BCUT2D eigenvalue weighted by molar-refractivity contribution is -0.159. The van der Waals surface area contributed by atoms with Gasteiger partial charge in [0, 0.05) is 38.7 Å². The zero-order valence-corrected chi connectivity index (χ0v) is 13.8. The number of fused-ring (bicyclic) bond motifs is 1. The van der Waals surface area contributed by atoms with Crippen LogP contribution < -0.4 is 5.32 Å². The molecule has 130 valence electrons. The molecule has 2 N–H and O–H groups in total. The van der Waals surface area contributed by atoms with E-state index in [2.05, 4.69) is 10.2 Å². The number of carboxylic acid groups (broad SMARTS) is 1. The van der Waals surface area contributed by atoms with Crippen LogP contribution in [-0.2, 0) is 14.3 Å². The molecular weight excluding hydrogens is 296 g/mol. The van der Waals surface area contributed by atoms with Crippen LogP contribution in [0.4, 0.5) is 0 Å². The predicted octanol–water partition coefficient (Wildman–Crippen LogP) is 1.25.